The van der Waals surface area contributed by atoms with Crippen molar-refractivity contribution in [3.05, 3.63) is 147 Å². The predicted molar refractivity (Wildman–Crippen MR) is 379 cm³/mol. The minimum absolute atomic E-state index is 0. The zero-order chi connectivity index (χ0) is 68.5. The van der Waals surface area contributed by atoms with Crippen LogP contribution >= 0.6 is 15.9 Å². The average Bonchev–Trinajstić information content (AvgIpc) is 1.70. The van der Waals surface area contributed by atoms with Crippen LogP contribution in [0.5, 0.6) is 11.5 Å². The molecule has 24 nitrogen and oxygen atoms in total. The highest BCUT2D eigenvalue weighted by Gasteiger charge is 2.25. The Hall–Kier alpha value is -9.08. The van der Waals surface area contributed by atoms with Gasteiger partial charge in [0.25, 0.3) is 0 Å². The van der Waals surface area contributed by atoms with E-state index in [1.54, 1.807) is 38.5 Å². The van der Waals surface area contributed by atoms with Crippen LogP contribution in [0.3, 0.4) is 0 Å². The van der Waals surface area contributed by atoms with Crippen molar-refractivity contribution in [2.24, 2.45) is 0 Å². The Bertz CT molecular complexity index is 3960. The molecular weight excluding hydrogens is 1300 g/mol. The lowest BCUT2D eigenvalue weighted by molar-refractivity contribution is -0.126. The normalized spacial score (nSPS) is 13.0. The smallest absolute Gasteiger partial charge is 0.488 e. The number of hydrogen-bond acceptors (Lipinski definition) is 18. The van der Waals surface area contributed by atoms with Gasteiger partial charge in [0.15, 0.2) is 11.3 Å². The number of aryl methyl sites for hydroxylation is 4. The number of aldehydes is 2. The van der Waals surface area contributed by atoms with E-state index in [1.165, 1.54) is 12.1 Å². The molecule has 26 heteroatoms. The molecule has 4 aromatic heterocycles. The predicted octanol–water partition coefficient (Wildman–Crippen LogP) is 8.71. The molecule has 97 heavy (non-hydrogen) atoms. The van der Waals surface area contributed by atoms with E-state index in [9.17, 15) is 28.8 Å². The first kappa shape index (κ1) is 75.3. The fraction of sp³-hybridized carbons (Fsp3) is 0.408. The molecule has 8 aromatic rings. The van der Waals surface area contributed by atoms with Crippen molar-refractivity contribution in [3.8, 4) is 22.6 Å². The van der Waals surface area contributed by atoms with E-state index in [1.807, 2.05) is 84.1 Å². The fourth-order valence-electron chi connectivity index (χ4n) is 11.3. The van der Waals surface area contributed by atoms with E-state index < -0.39 is 7.12 Å². The number of anilines is 2. The average molecular weight is 1390 g/mol. The second-order valence-corrected chi connectivity index (χ2v) is 23.9. The van der Waals surface area contributed by atoms with Crippen molar-refractivity contribution in [1.82, 2.24) is 50.8 Å². The van der Waals surface area contributed by atoms with Crippen LogP contribution in [-0.2, 0) is 80.8 Å². The first-order valence-electron chi connectivity index (χ1n) is 32.6. The molecule has 10 rings (SSSR count). The minimum Gasteiger partial charge on any atom is -0.496 e. The van der Waals surface area contributed by atoms with Crippen LogP contribution in [-0.4, -0.2) is 136 Å². The van der Waals surface area contributed by atoms with E-state index in [4.69, 9.17) is 39.0 Å². The number of pyridine rings is 2. The highest BCUT2D eigenvalue weighted by Crippen LogP contribution is 2.35. The summed E-state index contributed by atoms with van der Waals surface area (Å²) in [6, 6.07) is 25.3. The van der Waals surface area contributed by atoms with Gasteiger partial charge in [-0.25, -0.2) is 19.3 Å². The maximum atomic E-state index is 12.9. The summed E-state index contributed by atoms with van der Waals surface area (Å²) in [4.78, 5) is 82.1. The standard InChI is InChI=1S/C35H42N6O5.C28H37BrN6O4.C7H7BO3.CH4/c1-4-30-28(34(39-26-13-15-46-16-14-26)29-21-38-41(5-2)35(29)40-30)20-37-33(44)12-11-32(43)36-19-23-9-10-31(45-3)27(18-23)25-8-6-7-24(17-25)22-42;1-4-23-20(27(33-19-10-12-39-13-11-19)21-17-32-35(5-2)28(21)34-23)16-31-26(37)9-8-25(36)30-15-18-6-7-24(38-3)22(29)14-18;9-5-6-2-1-3-7(4-6)8(10)11;/h6-10,17-18,21-22,26H,4-5,11-16,19-20H2,1-3H3,(H,36,43)(H,37,44)(H,39,40);6-7,14,17,19H,4-5,8-13,15-16H2,1-3H3,(H,30,36)(H,31,37)(H,33,34);1-5,10-11H;1H4. The fourth-order valence-corrected chi connectivity index (χ4v) is 11.9. The Labute approximate surface area is 575 Å². The van der Waals surface area contributed by atoms with Gasteiger partial charge in [0, 0.05) is 143 Å². The number of ether oxygens (including phenoxy) is 4. The third-order valence-electron chi connectivity index (χ3n) is 16.6. The van der Waals surface area contributed by atoms with E-state index in [0.29, 0.717) is 81.0 Å². The Morgan fingerprint density at radius 3 is 1.44 bits per heavy atom. The molecule has 0 spiro atoms. The highest BCUT2D eigenvalue weighted by atomic mass is 79.9. The van der Waals surface area contributed by atoms with Crippen LogP contribution in [0.1, 0.15) is 141 Å². The lowest BCUT2D eigenvalue weighted by Crippen LogP contribution is -2.30. The van der Waals surface area contributed by atoms with Crippen LogP contribution in [0, 0.1) is 0 Å². The number of hydrogen-bond donors (Lipinski definition) is 8. The third kappa shape index (κ3) is 21.0. The third-order valence-corrected chi connectivity index (χ3v) is 17.2. The van der Waals surface area contributed by atoms with Crippen molar-refractivity contribution in [3.63, 3.8) is 0 Å². The van der Waals surface area contributed by atoms with Crippen molar-refractivity contribution in [2.45, 2.75) is 151 Å². The number of carbonyl (C=O) groups excluding carboxylic acids is 6. The zero-order valence-electron chi connectivity index (χ0n) is 55.3. The Morgan fingerprint density at radius 1 is 0.588 bits per heavy atom. The monoisotopic (exact) mass is 1390 g/mol. The first-order valence-corrected chi connectivity index (χ1v) is 33.4. The molecule has 2 saturated heterocycles. The molecular formula is C71H90BBrN12O12. The quantitative estimate of drug-likeness (QED) is 0.0168. The first-order chi connectivity index (χ1) is 46.6. The molecule has 0 saturated carbocycles. The number of aromatic nitrogens is 6. The van der Waals surface area contributed by atoms with Crippen LogP contribution in [0.25, 0.3) is 33.2 Å². The SMILES string of the molecule is C.CCc1nc2c(cnn2CC)c(NC2CCOCC2)c1CNC(=O)CCC(=O)NCc1ccc(OC)c(-c2cccc(C=O)c2)c1.CCc1nc2c(cnn2CC)c(NC2CCOCC2)c1CNC(=O)CCC(=O)NCc1ccc(OC)c(Br)c1.O=Cc1cccc(B(O)O)c1. The number of halogens is 1. The summed E-state index contributed by atoms with van der Waals surface area (Å²) in [6.07, 6.45) is 10.6. The second-order valence-electron chi connectivity index (χ2n) is 23.0. The summed E-state index contributed by atoms with van der Waals surface area (Å²) in [5, 5.41) is 47.6. The van der Waals surface area contributed by atoms with E-state index >= 15 is 0 Å². The highest BCUT2D eigenvalue weighted by molar-refractivity contribution is 9.10. The number of benzene rings is 4. The van der Waals surface area contributed by atoms with Crippen molar-refractivity contribution in [2.75, 3.05) is 51.3 Å². The van der Waals surface area contributed by atoms with Crippen molar-refractivity contribution < 1.29 is 57.8 Å². The van der Waals surface area contributed by atoms with Gasteiger partial charge in [-0.15, -0.1) is 0 Å². The van der Waals surface area contributed by atoms with Crippen molar-refractivity contribution >= 4 is 98.2 Å². The number of methoxy groups -OCH3 is 2. The number of nitrogens with one attached hydrogen (secondary N) is 6. The Kier molecular flexibility index (Phi) is 29.5. The van der Waals surface area contributed by atoms with Crippen molar-refractivity contribution in [1.29, 1.82) is 0 Å². The van der Waals surface area contributed by atoms with Crippen LogP contribution < -0.4 is 46.8 Å². The zero-order valence-corrected chi connectivity index (χ0v) is 56.9. The van der Waals surface area contributed by atoms with Crippen LogP contribution in [0.4, 0.5) is 11.4 Å². The van der Waals surface area contributed by atoms with Gasteiger partial charge in [-0.05, 0) is 121 Å². The van der Waals surface area contributed by atoms with Crippen LogP contribution in [0.2, 0.25) is 0 Å². The summed E-state index contributed by atoms with van der Waals surface area (Å²) >= 11 is 3.45. The number of fused-ring (bicyclic) bond motifs is 2. The van der Waals surface area contributed by atoms with Crippen LogP contribution in [0.15, 0.2) is 102 Å². The van der Waals surface area contributed by atoms with Gasteiger partial charge in [-0.3, -0.25) is 28.8 Å². The second kappa shape index (κ2) is 38.0. The molecule has 8 N–H and O–H groups in total. The summed E-state index contributed by atoms with van der Waals surface area (Å²) in [7, 11) is 1.69. The molecule has 4 amide bonds. The maximum absolute atomic E-state index is 12.9. The largest absolute Gasteiger partial charge is 0.496 e. The molecule has 0 unspecified atom stereocenters. The number of rotatable bonds is 28. The van der Waals surface area contributed by atoms with Gasteiger partial charge in [-0.2, -0.15) is 10.2 Å². The van der Waals surface area contributed by atoms with E-state index in [2.05, 4.69) is 71.9 Å². The number of nitrogens with zero attached hydrogens (tertiary/aromatic N) is 6. The molecule has 2 aliphatic rings. The Balaban J connectivity index is 0.000000236. The number of amides is 4. The van der Waals surface area contributed by atoms with Gasteiger partial charge in [0.05, 0.1) is 53.2 Å². The van der Waals surface area contributed by atoms with Gasteiger partial charge in [-0.1, -0.05) is 75.9 Å². The lowest BCUT2D eigenvalue weighted by atomic mass is 9.80. The molecule has 516 valence electrons. The van der Waals surface area contributed by atoms with E-state index in [0.717, 1.165) is 147 Å². The van der Waals surface area contributed by atoms with E-state index in [-0.39, 0.29) is 68.8 Å². The minimum atomic E-state index is -1.50. The summed E-state index contributed by atoms with van der Waals surface area (Å²) < 4.78 is 26.5. The van der Waals surface area contributed by atoms with Gasteiger partial charge in [0.2, 0.25) is 23.6 Å². The molecule has 6 heterocycles. The maximum Gasteiger partial charge on any atom is 0.488 e. The number of carbonyl (C=O) groups is 6. The molecule has 2 fully saturated rings. The molecule has 0 radical (unpaired) electrons. The summed E-state index contributed by atoms with van der Waals surface area (Å²) in [5.74, 6) is 0.611. The lowest BCUT2D eigenvalue weighted by Gasteiger charge is -2.26. The topological polar surface area (TPSA) is 313 Å². The van der Waals surface area contributed by atoms with Gasteiger partial charge in [0.1, 0.15) is 24.1 Å². The molecule has 4 aromatic carbocycles. The molecule has 0 bridgehead atoms. The van der Waals surface area contributed by atoms with Gasteiger partial charge >= 0.3 is 7.12 Å². The summed E-state index contributed by atoms with van der Waals surface area (Å²) in [5.41, 5.74) is 12.2. The molecule has 0 atom stereocenters. The molecule has 0 aliphatic carbocycles. The summed E-state index contributed by atoms with van der Waals surface area (Å²) in [6.45, 7) is 13.8. The van der Waals surface area contributed by atoms with Gasteiger partial charge < -0.3 is 60.9 Å². The molecule has 2 aliphatic heterocycles. The Morgan fingerprint density at radius 2 is 1.02 bits per heavy atom.